The summed E-state index contributed by atoms with van der Waals surface area (Å²) < 4.78 is 5.67. The summed E-state index contributed by atoms with van der Waals surface area (Å²) in [6.07, 6.45) is 8.39. The molecule has 0 spiro atoms. The summed E-state index contributed by atoms with van der Waals surface area (Å²) in [5.74, 6) is 1.97. The zero-order valence-corrected chi connectivity index (χ0v) is 17.2. The quantitative estimate of drug-likeness (QED) is 0.218. The molecule has 0 bridgehead atoms. The number of rotatable bonds is 8. The molecule has 1 atom stereocenters. The minimum absolute atomic E-state index is 0. The first-order valence-electron chi connectivity index (χ1n) is 8.56. The maximum Gasteiger partial charge on any atom is 0.193 e. The van der Waals surface area contributed by atoms with Gasteiger partial charge < -0.3 is 14.6 Å². The smallest absolute Gasteiger partial charge is 0.193 e. The molecule has 1 saturated heterocycles. The number of guanidine groups is 1. The summed E-state index contributed by atoms with van der Waals surface area (Å²) >= 11 is 0. The van der Waals surface area contributed by atoms with Crippen LogP contribution in [0.25, 0.3) is 0 Å². The molecule has 0 aliphatic carbocycles. The van der Waals surface area contributed by atoms with Crippen LogP contribution in [0.15, 0.2) is 40.5 Å². The molecule has 0 saturated carbocycles. The van der Waals surface area contributed by atoms with Crippen LogP contribution in [-0.4, -0.2) is 56.0 Å². The van der Waals surface area contributed by atoms with Crippen molar-refractivity contribution in [3.05, 3.63) is 36.8 Å². The van der Waals surface area contributed by atoms with E-state index in [0.717, 1.165) is 50.7 Å². The summed E-state index contributed by atoms with van der Waals surface area (Å²) in [6, 6.07) is 4.31. The summed E-state index contributed by atoms with van der Waals surface area (Å²) in [5, 5.41) is 3.51. The van der Waals surface area contributed by atoms with E-state index >= 15 is 0 Å². The molecular formula is C18H31IN4O. The van der Waals surface area contributed by atoms with Crippen molar-refractivity contribution in [1.82, 2.24) is 15.1 Å². The van der Waals surface area contributed by atoms with Crippen LogP contribution in [0.2, 0.25) is 0 Å². The first kappa shape index (κ1) is 21.0. The van der Waals surface area contributed by atoms with E-state index in [-0.39, 0.29) is 30.0 Å². The first-order chi connectivity index (χ1) is 11.3. The highest BCUT2D eigenvalue weighted by atomic mass is 127. The monoisotopic (exact) mass is 446 g/mol. The van der Waals surface area contributed by atoms with E-state index < -0.39 is 0 Å². The summed E-state index contributed by atoms with van der Waals surface area (Å²) in [4.78, 5) is 9.07. The summed E-state index contributed by atoms with van der Waals surface area (Å²) in [5.41, 5.74) is 0. The van der Waals surface area contributed by atoms with Crippen LogP contribution in [0.3, 0.4) is 0 Å². The standard InChI is InChI=1S/C18H30N4O.HI/c1-4-5-6-11-21(3)18(19-2)20-15-16(17-10-9-14-23-17)22-12-7-8-13-22;/h4,9-10,14,16H,1,5-8,11-13,15H2,2-3H3,(H,19,20);1H. The molecule has 136 valence electrons. The van der Waals surface area contributed by atoms with E-state index in [1.165, 1.54) is 12.8 Å². The van der Waals surface area contributed by atoms with Gasteiger partial charge in [0.25, 0.3) is 0 Å². The number of aliphatic imine (C=N–C) groups is 1. The highest BCUT2D eigenvalue weighted by Crippen LogP contribution is 2.24. The number of hydrogen-bond donors (Lipinski definition) is 1. The topological polar surface area (TPSA) is 44.0 Å². The minimum Gasteiger partial charge on any atom is -0.468 e. The Hall–Kier alpha value is -1.02. The molecule has 2 rings (SSSR count). The fourth-order valence-corrected chi connectivity index (χ4v) is 3.10. The van der Waals surface area contributed by atoms with Crippen molar-refractivity contribution in [3.8, 4) is 0 Å². The first-order valence-corrected chi connectivity index (χ1v) is 8.56. The molecule has 24 heavy (non-hydrogen) atoms. The lowest BCUT2D eigenvalue weighted by atomic mass is 10.2. The van der Waals surface area contributed by atoms with Crippen molar-refractivity contribution in [2.45, 2.75) is 31.7 Å². The Morgan fingerprint density at radius 3 is 2.83 bits per heavy atom. The molecule has 6 heteroatoms. The SMILES string of the molecule is C=CCCCN(C)C(=NC)NCC(c1ccco1)N1CCCC1.I. The second-order valence-electron chi connectivity index (χ2n) is 6.05. The van der Waals surface area contributed by atoms with Crippen LogP contribution in [0, 0.1) is 0 Å². The van der Waals surface area contributed by atoms with Crippen LogP contribution in [0.5, 0.6) is 0 Å². The maximum atomic E-state index is 5.67. The lowest BCUT2D eigenvalue weighted by Crippen LogP contribution is -2.43. The average Bonchev–Trinajstić information content (AvgIpc) is 3.25. The zero-order chi connectivity index (χ0) is 16.5. The van der Waals surface area contributed by atoms with Crippen molar-refractivity contribution < 1.29 is 4.42 Å². The van der Waals surface area contributed by atoms with Crippen molar-refractivity contribution in [2.24, 2.45) is 4.99 Å². The van der Waals surface area contributed by atoms with E-state index in [1.807, 2.05) is 19.2 Å². The molecule has 0 aromatic carbocycles. The number of hydrogen-bond acceptors (Lipinski definition) is 3. The Bertz CT molecular complexity index is 483. The van der Waals surface area contributed by atoms with Crippen LogP contribution in [-0.2, 0) is 0 Å². The summed E-state index contributed by atoms with van der Waals surface area (Å²) in [7, 11) is 3.92. The fraction of sp³-hybridized carbons (Fsp3) is 0.611. The van der Waals surface area contributed by atoms with E-state index in [2.05, 4.69) is 39.8 Å². The van der Waals surface area contributed by atoms with Gasteiger partial charge >= 0.3 is 0 Å². The Kier molecular flexibility index (Phi) is 10.1. The molecule has 1 aliphatic rings. The Labute approximate surface area is 163 Å². The predicted octanol–water partition coefficient (Wildman–Crippen LogP) is 3.51. The molecule has 1 aromatic heterocycles. The molecule has 1 aliphatic heterocycles. The van der Waals surface area contributed by atoms with Gasteiger partial charge in [-0.2, -0.15) is 0 Å². The molecule has 5 nitrogen and oxygen atoms in total. The van der Waals surface area contributed by atoms with Gasteiger partial charge in [-0.25, -0.2) is 0 Å². The third-order valence-corrected chi connectivity index (χ3v) is 4.38. The van der Waals surface area contributed by atoms with E-state index in [9.17, 15) is 0 Å². The van der Waals surface area contributed by atoms with E-state index in [1.54, 1.807) is 6.26 Å². The second-order valence-corrected chi connectivity index (χ2v) is 6.05. The Morgan fingerprint density at radius 1 is 1.50 bits per heavy atom. The van der Waals surface area contributed by atoms with Crippen molar-refractivity contribution in [2.75, 3.05) is 40.3 Å². The Balaban J connectivity index is 0.00000288. The number of furan rings is 1. The van der Waals surface area contributed by atoms with Gasteiger partial charge in [0, 0.05) is 27.2 Å². The molecule has 0 amide bonds. The van der Waals surface area contributed by atoms with Crippen molar-refractivity contribution >= 4 is 29.9 Å². The Morgan fingerprint density at radius 2 is 2.25 bits per heavy atom. The third kappa shape index (κ3) is 6.12. The second kappa shape index (κ2) is 11.5. The number of nitrogens with one attached hydrogen (secondary N) is 1. The van der Waals surface area contributed by atoms with Crippen LogP contribution < -0.4 is 5.32 Å². The van der Waals surface area contributed by atoms with Gasteiger partial charge in [0.2, 0.25) is 0 Å². The molecule has 1 unspecified atom stereocenters. The highest BCUT2D eigenvalue weighted by Gasteiger charge is 2.25. The molecule has 1 N–H and O–H groups in total. The van der Waals surface area contributed by atoms with Crippen LogP contribution >= 0.6 is 24.0 Å². The van der Waals surface area contributed by atoms with E-state index in [0.29, 0.717) is 0 Å². The third-order valence-electron chi connectivity index (χ3n) is 4.38. The van der Waals surface area contributed by atoms with Gasteiger partial charge in [-0.1, -0.05) is 6.08 Å². The lowest BCUT2D eigenvalue weighted by Gasteiger charge is -2.28. The fourth-order valence-electron chi connectivity index (χ4n) is 3.10. The average molecular weight is 446 g/mol. The number of halogens is 1. The highest BCUT2D eigenvalue weighted by molar-refractivity contribution is 14.0. The number of allylic oxidation sites excluding steroid dienone is 1. The van der Waals surface area contributed by atoms with Gasteiger partial charge in [0.05, 0.1) is 12.3 Å². The van der Waals surface area contributed by atoms with Gasteiger partial charge in [0.15, 0.2) is 5.96 Å². The zero-order valence-electron chi connectivity index (χ0n) is 14.9. The minimum atomic E-state index is 0. The van der Waals surface area contributed by atoms with Gasteiger partial charge in [-0.05, 0) is 50.9 Å². The largest absolute Gasteiger partial charge is 0.468 e. The molecular weight excluding hydrogens is 415 g/mol. The molecule has 1 fully saturated rings. The molecule has 0 radical (unpaired) electrons. The van der Waals surface area contributed by atoms with Crippen LogP contribution in [0.4, 0.5) is 0 Å². The number of nitrogens with zero attached hydrogens (tertiary/aromatic N) is 3. The number of unbranched alkanes of at least 4 members (excludes halogenated alkanes) is 1. The lowest BCUT2D eigenvalue weighted by molar-refractivity contribution is 0.214. The van der Waals surface area contributed by atoms with Gasteiger partial charge in [-0.15, -0.1) is 30.6 Å². The maximum absolute atomic E-state index is 5.67. The van der Waals surface area contributed by atoms with Gasteiger partial charge in [-0.3, -0.25) is 9.89 Å². The van der Waals surface area contributed by atoms with Crippen LogP contribution in [0.1, 0.15) is 37.5 Å². The molecule has 1 aromatic rings. The van der Waals surface area contributed by atoms with Crippen molar-refractivity contribution in [1.29, 1.82) is 0 Å². The molecule has 2 heterocycles. The normalized spacial score (nSPS) is 16.5. The van der Waals surface area contributed by atoms with Crippen molar-refractivity contribution in [3.63, 3.8) is 0 Å². The van der Waals surface area contributed by atoms with Gasteiger partial charge in [0.1, 0.15) is 5.76 Å². The van der Waals surface area contributed by atoms with E-state index in [4.69, 9.17) is 4.42 Å². The predicted molar refractivity (Wildman–Crippen MR) is 111 cm³/mol. The number of likely N-dealkylation sites (tertiary alicyclic amines) is 1. The summed E-state index contributed by atoms with van der Waals surface area (Å²) in [6.45, 7) is 7.84.